The Morgan fingerprint density at radius 2 is 1.28 bits per heavy atom. The van der Waals surface area contributed by atoms with Crippen LogP contribution in [0.2, 0.25) is 15.5 Å². The van der Waals surface area contributed by atoms with Gasteiger partial charge in [0.15, 0.2) is 0 Å². The first-order chi connectivity index (χ1) is 29.4. The summed E-state index contributed by atoms with van der Waals surface area (Å²) in [7, 11) is -0.0970. The Bertz CT molecular complexity index is 2070. The molecule has 0 aliphatic carbocycles. The van der Waals surface area contributed by atoms with Gasteiger partial charge >= 0.3 is 364 Å². The zero-order valence-electron chi connectivity index (χ0n) is 35.0. The maximum atomic E-state index is 12.6. The summed E-state index contributed by atoms with van der Waals surface area (Å²) in [6.45, 7) is 4.97. The second-order valence-corrected chi connectivity index (χ2v) is 21.4. The summed E-state index contributed by atoms with van der Waals surface area (Å²) >= 11 is -1.97. The van der Waals surface area contributed by atoms with Crippen molar-refractivity contribution >= 4 is 24.3 Å². The van der Waals surface area contributed by atoms with Crippen LogP contribution in [0, 0.1) is 0 Å². The first-order valence-electron chi connectivity index (χ1n) is 20.1. The molecule has 3 fully saturated rings. The van der Waals surface area contributed by atoms with Gasteiger partial charge in [-0.05, 0) is 0 Å². The fraction of sp³-hybridized carbons (Fsp3) is 0.467. The van der Waals surface area contributed by atoms with Crippen molar-refractivity contribution in [1.82, 2.24) is 0 Å². The quantitative estimate of drug-likeness (QED) is 0.0751. The van der Waals surface area contributed by atoms with Crippen molar-refractivity contribution in [1.29, 1.82) is 0 Å². The number of methoxy groups -OCH3 is 3. The molecule has 0 bridgehead atoms. The van der Waals surface area contributed by atoms with Gasteiger partial charge in [0, 0.05) is 0 Å². The molecule has 3 heterocycles. The number of benzene rings is 4. The van der Waals surface area contributed by atoms with Crippen LogP contribution < -0.4 is 14.2 Å². The molecule has 3 saturated heterocycles. The molecule has 14 nitrogen and oxygen atoms in total. The predicted octanol–water partition coefficient (Wildman–Crippen LogP) is 7.10. The Balaban J connectivity index is 1.21. The van der Waals surface area contributed by atoms with Crippen molar-refractivity contribution in [3.05, 3.63) is 125 Å². The van der Waals surface area contributed by atoms with Crippen LogP contribution in [0.1, 0.15) is 42.4 Å². The average molecular weight is 931 g/mol. The van der Waals surface area contributed by atoms with Gasteiger partial charge in [0.05, 0.1) is 0 Å². The molecule has 1 N–H and O–H groups in total. The van der Waals surface area contributed by atoms with Crippen molar-refractivity contribution in [3.8, 4) is 17.2 Å². The summed E-state index contributed by atoms with van der Waals surface area (Å²) in [5, 5.41) is 1.03. The van der Waals surface area contributed by atoms with Gasteiger partial charge in [-0.3, -0.25) is 0 Å². The van der Waals surface area contributed by atoms with E-state index in [1.807, 2.05) is 103 Å². The van der Waals surface area contributed by atoms with Crippen molar-refractivity contribution in [3.63, 3.8) is 0 Å². The fourth-order valence-corrected chi connectivity index (χ4v) is 14.4. The molecule has 0 radical (unpaired) electrons. The third kappa shape index (κ3) is 12.3. The monoisotopic (exact) mass is 931 g/mol. The van der Waals surface area contributed by atoms with Crippen molar-refractivity contribution < 1.29 is 64.5 Å². The second-order valence-electron chi connectivity index (χ2n) is 15.5. The standard InChI is InChI=1S/C45H54O14SSe/c1-45(2)55-26-37(58-45)42-43(59-60(46,47)48)39(56-44(57-42)33-9-7-6-8-10-33)29-61-28-38(53-24-31-13-19-35(50-4)20-14-31)41(54-25-32-15-21-36(51-5)22-16-32)40(61)27-52-23-30-11-17-34(49-3)18-12-30/h6-22,37-44H,23-29H2,1-5H3/p+1/t37-,38+,39+,40+,41-,42-,43-,44?,61?/m1/s1. The fourth-order valence-electron chi connectivity index (χ4n) is 7.70. The molecule has 4 aromatic carbocycles. The Labute approximate surface area is 362 Å². The molecular formula is C45H55O14SSe+. The van der Waals surface area contributed by atoms with Gasteiger partial charge in [-0.2, -0.15) is 0 Å². The number of ether oxygens (including phenoxy) is 10. The van der Waals surface area contributed by atoms with Crippen LogP contribution in [0.5, 0.6) is 17.2 Å². The van der Waals surface area contributed by atoms with Gasteiger partial charge in [-0.25, -0.2) is 0 Å². The van der Waals surface area contributed by atoms with E-state index in [2.05, 4.69) is 0 Å². The topological polar surface area (TPSA) is 156 Å². The molecule has 0 aromatic heterocycles. The molecule has 16 heteroatoms. The van der Waals surface area contributed by atoms with Crippen LogP contribution >= 0.6 is 0 Å². The van der Waals surface area contributed by atoms with Crippen molar-refractivity contribution in [2.75, 3.05) is 34.5 Å². The Hall–Kier alpha value is -3.61. The third-order valence-electron chi connectivity index (χ3n) is 10.8. The molecule has 61 heavy (non-hydrogen) atoms. The molecule has 0 amide bonds. The summed E-state index contributed by atoms with van der Waals surface area (Å²) in [5.74, 6) is 1.28. The number of hydrogen-bond donors (Lipinski definition) is 1. The SMILES string of the molecule is COc1ccc(COC[C@H]2[C@H](OCc3ccc(OC)cc3)[C@@H](OCc3ccc(OC)cc3)C[Se+]2C[C@@H]2OC(c3ccccc3)O[C@H]([C@H]3COC(C)(C)O3)[C@@H]2OS(=O)(=O)O)cc1. The minimum atomic E-state index is -4.98. The maximum absolute atomic E-state index is 12.6. The summed E-state index contributed by atoms with van der Waals surface area (Å²) in [5.41, 5.74) is 3.63. The average Bonchev–Trinajstić information content (AvgIpc) is 3.80. The van der Waals surface area contributed by atoms with E-state index in [0.717, 1.165) is 39.5 Å². The molecule has 330 valence electrons. The Kier molecular flexibility index (Phi) is 15.4. The number of hydrogen-bond acceptors (Lipinski definition) is 13. The van der Waals surface area contributed by atoms with Gasteiger partial charge in [0.25, 0.3) is 0 Å². The molecule has 2 unspecified atom stereocenters. The molecule has 4 aromatic rings. The molecule has 7 rings (SSSR count). The third-order valence-corrected chi connectivity index (χ3v) is 17.1. The van der Waals surface area contributed by atoms with Crippen LogP contribution in [-0.2, 0) is 67.6 Å². The molecule has 3 aliphatic heterocycles. The molecule has 0 saturated carbocycles. The molecule has 0 spiro atoms. The molecule has 3 aliphatic rings. The predicted molar refractivity (Wildman–Crippen MR) is 225 cm³/mol. The van der Waals surface area contributed by atoms with Gasteiger partial charge in [-0.1, -0.05) is 0 Å². The van der Waals surface area contributed by atoms with Crippen molar-refractivity contribution in [2.45, 2.75) is 97.8 Å². The Morgan fingerprint density at radius 3 is 1.80 bits per heavy atom. The van der Waals surface area contributed by atoms with Crippen molar-refractivity contribution in [2.24, 2.45) is 0 Å². The first-order valence-corrected chi connectivity index (χ1v) is 24.9. The van der Waals surface area contributed by atoms with Gasteiger partial charge < -0.3 is 0 Å². The van der Waals surface area contributed by atoms with E-state index in [1.165, 1.54) is 0 Å². The van der Waals surface area contributed by atoms with Crippen LogP contribution in [0.25, 0.3) is 0 Å². The zero-order chi connectivity index (χ0) is 43.0. The van der Waals surface area contributed by atoms with Crippen LogP contribution in [0.3, 0.4) is 0 Å². The summed E-state index contributed by atoms with van der Waals surface area (Å²) in [6.07, 6.45) is -5.52. The summed E-state index contributed by atoms with van der Waals surface area (Å²) in [6, 6.07) is 32.6. The summed E-state index contributed by atoms with van der Waals surface area (Å²) in [4.78, 5) is -0.145. The van der Waals surface area contributed by atoms with E-state index in [9.17, 15) is 13.0 Å². The van der Waals surface area contributed by atoms with E-state index >= 15 is 0 Å². The van der Waals surface area contributed by atoms with Gasteiger partial charge in [-0.15, -0.1) is 0 Å². The normalized spacial score (nSPS) is 27.5. The summed E-state index contributed by atoms with van der Waals surface area (Å²) < 4.78 is 103. The van der Waals surface area contributed by atoms with Gasteiger partial charge in [0.1, 0.15) is 0 Å². The van der Waals surface area contributed by atoms with Crippen LogP contribution in [-0.4, -0.2) is 104 Å². The van der Waals surface area contributed by atoms with E-state index < -0.39 is 66.9 Å². The van der Waals surface area contributed by atoms with E-state index in [-0.39, 0.29) is 17.5 Å². The van der Waals surface area contributed by atoms with E-state index in [0.29, 0.717) is 37.1 Å². The second kappa shape index (κ2) is 20.7. The van der Waals surface area contributed by atoms with E-state index in [4.69, 9.17) is 51.6 Å². The van der Waals surface area contributed by atoms with Crippen LogP contribution in [0.4, 0.5) is 0 Å². The Morgan fingerprint density at radius 1 is 0.721 bits per heavy atom. The van der Waals surface area contributed by atoms with E-state index in [1.54, 1.807) is 35.2 Å². The first kappa shape index (κ1) is 45.4. The molecule has 9 atom stereocenters. The number of rotatable bonds is 19. The minimum absolute atomic E-state index is 0.112. The van der Waals surface area contributed by atoms with Gasteiger partial charge in [0.2, 0.25) is 0 Å². The molecular weight excluding hydrogens is 876 g/mol. The van der Waals surface area contributed by atoms with Crippen LogP contribution in [0.15, 0.2) is 103 Å². The zero-order valence-corrected chi connectivity index (χ0v) is 37.5.